The molecule has 0 unspecified atom stereocenters. The van der Waals surface area contributed by atoms with Crippen LogP contribution in [0.1, 0.15) is 30.0 Å². The fourth-order valence-corrected chi connectivity index (χ4v) is 4.10. The van der Waals surface area contributed by atoms with Crippen LogP contribution in [0.5, 0.6) is 0 Å². The zero-order valence-corrected chi connectivity index (χ0v) is 17.2. The van der Waals surface area contributed by atoms with Crippen molar-refractivity contribution in [1.82, 2.24) is 24.8 Å². The van der Waals surface area contributed by atoms with Crippen LogP contribution >= 0.6 is 11.8 Å². The summed E-state index contributed by atoms with van der Waals surface area (Å²) in [6.07, 6.45) is 2.46. The average molecular weight is 413 g/mol. The van der Waals surface area contributed by atoms with Crippen molar-refractivity contribution in [3.05, 3.63) is 53.5 Å². The van der Waals surface area contributed by atoms with Gasteiger partial charge in [0.05, 0.1) is 18.8 Å². The lowest BCUT2D eigenvalue weighted by atomic mass is 10.2. The number of nitrogens with one attached hydrogen (secondary N) is 1. The fourth-order valence-electron chi connectivity index (χ4n) is 3.34. The molecule has 1 aromatic carbocycles. The van der Waals surface area contributed by atoms with Gasteiger partial charge in [-0.2, -0.15) is 0 Å². The van der Waals surface area contributed by atoms with Crippen LogP contribution in [-0.2, 0) is 17.9 Å². The van der Waals surface area contributed by atoms with Crippen molar-refractivity contribution in [2.75, 3.05) is 24.2 Å². The van der Waals surface area contributed by atoms with Crippen molar-refractivity contribution in [3.63, 3.8) is 0 Å². The normalized spacial score (nSPS) is 14.4. The van der Waals surface area contributed by atoms with Crippen LogP contribution in [0.25, 0.3) is 0 Å². The summed E-state index contributed by atoms with van der Waals surface area (Å²) in [5.41, 5.74) is 1.18. The summed E-state index contributed by atoms with van der Waals surface area (Å²) < 4.78 is 7.09. The van der Waals surface area contributed by atoms with Gasteiger partial charge < -0.3 is 14.4 Å². The molecule has 0 saturated carbocycles. The van der Waals surface area contributed by atoms with E-state index < -0.39 is 0 Å². The minimum absolute atomic E-state index is 0.154. The highest BCUT2D eigenvalue weighted by molar-refractivity contribution is 7.99. The SMILES string of the molecule is Cc1cc(NC(=O)CSc2nnc(CN3CCCC3)n2Cc2ccccc2)no1. The highest BCUT2D eigenvalue weighted by atomic mass is 32.2. The average Bonchev–Trinajstić information content (AvgIpc) is 3.45. The number of nitrogens with zero attached hydrogens (tertiary/aromatic N) is 5. The Kier molecular flexibility index (Phi) is 6.26. The topological polar surface area (TPSA) is 89.1 Å². The number of rotatable bonds is 8. The molecule has 8 nitrogen and oxygen atoms in total. The lowest BCUT2D eigenvalue weighted by Gasteiger charge is -2.16. The quantitative estimate of drug-likeness (QED) is 0.569. The molecule has 0 aliphatic carbocycles. The number of carbonyl (C=O) groups is 1. The van der Waals surface area contributed by atoms with Crippen LogP contribution in [0, 0.1) is 6.92 Å². The monoisotopic (exact) mass is 412 g/mol. The first-order valence-electron chi connectivity index (χ1n) is 9.72. The fraction of sp³-hybridized carbons (Fsp3) is 0.400. The van der Waals surface area contributed by atoms with Gasteiger partial charge in [0.25, 0.3) is 0 Å². The predicted octanol–water partition coefficient (Wildman–Crippen LogP) is 2.95. The number of hydrogen-bond donors (Lipinski definition) is 1. The zero-order chi connectivity index (χ0) is 20.1. The molecule has 0 atom stereocenters. The molecule has 2 aromatic heterocycles. The molecule has 0 radical (unpaired) electrons. The Morgan fingerprint density at radius 1 is 1.17 bits per heavy atom. The number of thioether (sulfide) groups is 1. The second-order valence-electron chi connectivity index (χ2n) is 7.11. The summed E-state index contributed by atoms with van der Waals surface area (Å²) >= 11 is 1.38. The number of hydrogen-bond acceptors (Lipinski definition) is 7. The van der Waals surface area contributed by atoms with E-state index in [-0.39, 0.29) is 11.7 Å². The van der Waals surface area contributed by atoms with Crippen molar-refractivity contribution in [1.29, 1.82) is 0 Å². The molecule has 4 rings (SSSR count). The second kappa shape index (κ2) is 9.23. The molecule has 1 aliphatic heterocycles. The number of amides is 1. The summed E-state index contributed by atoms with van der Waals surface area (Å²) in [5.74, 6) is 2.09. The van der Waals surface area contributed by atoms with Gasteiger partial charge in [-0.3, -0.25) is 9.69 Å². The number of aromatic nitrogens is 4. The Morgan fingerprint density at radius 2 is 1.97 bits per heavy atom. The number of carbonyl (C=O) groups excluding carboxylic acids is 1. The first-order valence-corrected chi connectivity index (χ1v) is 10.7. The molecule has 0 bridgehead atoms. The minimum Gasteiger partial charge on any atom is -0.360 e. The largest absolute Gasteiger partial charge is 0.360 e. The Labute approximate surface area is 173 Å². The van der Waals surface area contributed by atoms with E-state index in [1.165, 1.54) is 30.2 Å². The molecular weight excluding hydrogens is 388 g/mol. The van der Waals surface area contributed by atoms with Gasteiger partial charge in [-0.15, -0.1) is 10.2 Å². The van der Waals surface area contributed by atoms with E-state index >= 15 is 0 Å². The Hall–Kier alpha value is -2.65. The Bertz CT molecular complexity index is 949. The number of benzene rings is 1. The maximum Gasteiger partial charge on any atom is 0.236 e. The molecular formula is C20H24N6O2S. The van der Waals surface area contributed by atoms with Gasteiger partial charge in [0.1, 0.15) is 11.6 Å². The van der Waals surface area contributed by atoms with Gasteiger partial charge in [-0.25, -0.2) is 0 Å². The van der Waals surface area contributed by atoms with Crippen LogP contribution < -0.4 is 5.32 Å². The minimum atomic E-state index is -0.154. The summed E-state index contributed by atoms with van der Waals surface area (Å²) in [6.45, 7) is 5.44. The van der Waals surface area contributed by atoms with Crippen molar-refractivity contribution < 1.29 is 9.32 Å². The molecule has 1 aliphatic rings. The maximum absolute atomic E-state index is 12.3. The van der Waals surface area contributed by atoms with Gasteiger partial charge in [0.15, 0.2) is 11.0 Å². The molecule has 3 heterocycles. The van der Waals surface area contributed by atoms with Crippen LogP contribution in [-0.4, -0.2) is 49.6 Å². The van der Waals surface area contributed by atoms with Crippen LogP contribution in [0.15, 0.2) is 46.1 Å². The molecule has 3 aromatic rings. The highest BCUT2D eigenvalue weighted by Crippen LogP contribution is 2.21. The van der Waals surface area contributed by atoms with Crippen molar-refractivity contribution in [2.45, 2.75) is 38.0 Å². The lowest BCUT2D eigenvalue weighted by molar-refractivity contribution is -0.113. The van der Waals surface area contributed by atoms with Crippen LogP contribution in [0.2, 0.25) is 0 Å². The van der Waals surface area contributed by atoms with Crippen molar-refractivity contribution >= 4 is 23.5 Å². The summed E-state index contributed by atoms with van der Waals surface area (Å²) in [5, 5.41) is 16.1. The Morgan fingerprint density at radius 3 is 2.69 bits per heavy atom. The summed E-state index contributed by atoms with van der Waals surface area (Å²) in [6, 6.07) is 11.9. The molecule has 9 heteroatoms. The van der Waals surface area contributed by atoms with Gasteiger partial charge in [0, 0.05) is 6.07 Å². The first kappa shape index (κ1) is 19.7. The standard InChI is InChI=1S/C20H24N6O2S/c1-15-11-17(24-28-15)21-19(27)14-29-20-23-22-18(13-25-9-5-6-10-25)26(20)12-16-7-3-2-4-8-16/h2-4,7-8,11H,5-6,9-10,12-14H2,1H3,(H,21,24,27). The summed E-state index contributed by atoms with van der Waals surface area (Å²) in [4.78, 5) is 14.7. The maximum atomic E-state index is 12.3. The predicted molar refractivity (Wildman–Crippen MR) is 111 cm³/mol. The molecule has 1 N–H and O–H groups in total. The van der Waals surface area contributed by atoms with E-state index in [0.717, 1.165) is 30.6 Å². The van der Waals surface area contributed by atoms with Gasteiger partial charge in [-0.1, -0.05) is 47.3 Å². The highest BCUT2D eigenvalue weighted by Gasteiger charge is 2.19. The molecule has 1 amide bonds. The zero-order valence-electron chi connectivity index (χ0n) is 16.4. The van der Waals surface area contributed by atoms with Crippen molar-refractivity contribution in [2.24, 2.45) is 0 Å². The van der Waals surface area contributed by atoms with E-state index in [0.29, 0.717) is 18.1 Å². The van der Waals surface area contributed by atoms with Crippen LogP contribution in [0.4, 0.5) is 5.82 Å². The Balaban J connectivity index is 1.45. The van der Waals surface area contributed by atoms with E-state index in [2.05, 4.69) is 42.3 Å². The van der Waals surface area contributed by atoms with E-state index in [9.17, 15) is 4.79 Å². The van der Waals surface area contributed by atoms with Gasteiger partial charge in [0.2, 0.25) is 5.91 Å². The number of aryl methyl sites for hydroxylation is 1. The smallest absolute Gasteiger partial charge is 0.236 e. The second-order valence-corrected chi connectivity index (χ2v) is 8.06. The van der Waals surface area contributed by atoms with Crippen molar-refractivity contribution in [3.8, 4) is 0 Å². The lowest BCUT2D eigenvalue weighted by Crippen LogP contribution is -2.22. The molecule has 1 saturated heterocycles. The third kappa shape index (κ3) is 5.24. The summed E-state index contributed by atoms with van der Waals surface area (Å²) in [7, 11) is 0. The molecule has 0 spiro atoms. The van der Waals surface area contributed by atoms with E-state index in [1.807, 2.05) is 18.2 Å². The van der Waals surface area contributed by atoms with E-state index in [4.69, 9.17) is 4.52 Å². The van der Waals surface area contributed by atoms with Gasteiger partial charge >= 0.3 is 0 Å². The molecule has 1 fully saturated rings. The number of likely N-dealkylation sites (tertiary alicyclic amines) is 1. The molecule has 29 heavy (non-hydrogen) atoms. The first-order chi connectivity index (χ1) is 14.2. The third-order valence-corrected chi connectivity index (χ3v) is 5.74. The van der Waals surface area contributed by atoms with Gasteiger partial charge in [-0.05, 0) is 38.4 Å². The van der Waals surface area contributed by atoms with E-state index in [1.54, 1.807) is 13.0 Å². The number of anilines is 1. The molecule has 152 valence electrons. The third-order valence-electron chi connectivity index (χ3n) is 4.77. The van der Waals surface area contributed by atoms with Crippen LogP contribution in [0.3, 0.4) is 0 Å².